The molecule has 0 spiro atoms. The molecule has 1 rings (SSSR count). The van der Waals surface area contributed by atoms with E-state index >= 15 is 0 Å². The number of carboxylic acid groups (broad SMARTS) is 2. The fourth-order valence-electron chi connectivity index (χ4n) is 3.10. The standard InChI is InChI=1S/C22H30N6O9/c23-12(6-7-16(24)29)19(33)26-14(9-17(25)30)21(35)27-13(8-11-4-2-1-3-5-11)20(34)28-15(22(36)37)10-18(31)32/h1-5,12-15H,6-10,23H2,(H2,24,29)(H2,25,30)(H,26,33)(H,27,35)(H,28,34)(H,31,32)(H,36,37). The number of rotatable bonds is 16. The molecule has 0 saturated carbocycles. The smallest absolute Gasteiger partial charge is 0.326 e. The summed E-state index contributed by atoms with van der Waals surface area (Å²) in [6.07, 6.45) is -2.08. The van der Waals surface area contributed by atoms with Gasteiger partial charge in [0.2, 0.25) is 29.5 Å². The van der Waals surface area contributed by atoms with Crippen molar-refractivity contribution in [3.63, 3.8) is 0 Å². The van der Waals surface area contributed by atoms with E-state index < -0.39 is 78.5 Å². The Morgan fingerprint density at radius 1 is 0.730 bits per heavy atom. The van der Waals surface area contributed by atoms with Gasteiger partial charge in [0.1, 0.15) is 18.1 Å². The van der Waals surface area contributed by atoms with E-state index in [1.807, 2.05) is 0 Å². The molecule has 0 bridgehead atoms. The van der Waals surface area contributed by atoms with Crippen molar-refractivity contribution in [1.29, 1.82) is 0 Å². The summed E-state index contributed by atoms with van der Waals surface area (Å²) < 4.78 is 0. The molecule has 0 fully saturated rings. The maximum absolute atomic E-state index is 13.0. The first-order chi connectivity index (χ1) is 17.3. The normalized spacial score (nSPS) is 13.8. The number of carboxylic acids is 2. The Balaban J connectivity index is 3.11. The molecule has 15 nitrogen and oxygen atoms in total. The van der Waals surface area contributed by atoms with Crippen LogP contribution in [0.4, 0.5) is 0 Å². The Kier molecular flexibility index (Phi) is 12.2. The van der Waals surface area contributed by atoms with E-state index in [0.717, 1.165) is 0 Å². The number of hydrogen-bond donors (Lipinski definition) is 8. The van der Waals surface area contributed by atoms with E-state index in [9.17, 15) is 38.7 Å². The molecule has 0 aliphatic carbocycles. The summed E-state index contributed by atoms with van der Waals surface area (Å²) in [6, 6.07) is 2.23. The van der Waals surface area contributed by atoms with Gasteiger partial charge < -0.3 is 43.4 Å². The van der Waals surface area contributed by atoms with Crippen LogP contribution in [0.3, 0.4) is 0 Å². The highest BCUT2D eigenvalue weighted by atomic mass is 16.4. The Labute approximate surface area is 211 Å². The molecule has 37 heavy (non-hydrogen) atoms. The second-order valence-corrected chi connectivity index (χ2v) is 8.09. The number of nitrogens with two attached hydrogens (primary N) is 3. The lowest BCUT2D eigenvalue weighted by molar-refractivity contribution is -0.147. The molecule has 4 atom stereocenters. The zero-order valence-corrected chi connectivity index (χ0v) is 19.7. The van der Waals surface area contributed by atoms with Gasteiger partial charge >= 0.3 is 11.9 Å². The van der Waals surface area contributed by atoms with Gasteiger partial charge in [0.25, 0.3) is 0 Å². The highest BCUT2D eigenvalue weighted by molar-refractivity contribution is 5.96. The number of hydrogen-bond acceptors (Lipinski definition) is 8. The number of nitrogens with one attached hydrogen (secondary N) is 3. The molecule has 5 amide bonds. The first-order valence-corrected chi connectivity index (χ1v) is 11.0. The molecular formula is C22H30N6O9. The third-order valence-electron chi connectivity index (χ3n) is 4.99. The summed E-state index contributed by atoms with van der Waals surface area (Å²) in [5.74, 6) is -7.69. The SMILES string of the molecule is NC(=O)CCC(N)C(=O)NC(CC(N)=O)C(=O)NC(Cc1ccccc1)C(=O)NC(CC(=O)O)C(=O)O. The van der Waals surface area contributed by atoms with Crippen LogP contribution in [-0.2, 0) is 40.0 Å². The van der Waals surface area contributed by atoms with Crippen molar-refractivity contribution in [3.05, 3.63) is 35.9 Å². The minimum absolute atomic E-state index is 0.134. The third-order valence-corrected chi connectivity index (χ3v) is 4.99. The van der Waals surface area contributed by atoms with E-state index in [1.165, 1.54) is 0 Å². The highest BCUT2D eigenvalue weighted by Gasteiger charge is 2.32. The first-order valence-electron chi connectivity index (χ1n) is 11.0. The van der Waals surface area contributed by atoms with Crippen molar-refractivity contribution in [2.75, 3.05) is 0 Å². The van der Waals surface area contributed by atoms with Crippen LogP contribution in [0.2, 0.25) is 0 Å². The van der Waals surface area contributed by atoms with Gasteiger partial charge in [-0.1, -0.05) is 30.3 Å². The van der Waals surface area contributed by atoms with Crippen molar-refractivity contribution in [2.24, 2.45) is 17.2 Å². The molecule has 202 valence electrons. The van der Waals surface area contributed by atoms with Crippen molar-refractivity contribution >= 4 is 41.5 Å². The van der Waals surface area contributed by atoms with Crippen molar-refractivity contribution < 1.29 is 43.8 Å². The summed E-state index contributed by atoms with van der Waals surface area (Å²) in [6.45, 7) is 0. The zero-order valence-electron chi connectivity index (χ0n) is 19.7. The summed E-state index contributed by atoms with van der Waals surface area (Å²) in [4.78, 5) is 83.0. The minimum Gasteiger partial charge on any atom is -0.481 e. The lowest BCUT2D eigenvalue weighted by Gasteiger charge is -2.24. The average Bonchev–Trinajstić information content (AvgIpc) is 2.80. The summed E-state index contributed by atoms with van der Waals surface area (Å²) in [7, 11) is 0. The molecule has 0 heterocycles. The Hall–Kier alpha value is -4.53. The van der Waals surface area contributed by atoms with Crippen LogP contribution in [0.1, 0.15) is 31.2 Å². The lowest BCUT2D eigenvalue weighted by Crippen LogP contribution is -2.58. The molecule has 1 aromatic rings. The summed E-state index contributed by atoms with van der Waals surface area (Å²) in [5.41, 5.74) is 16.4. The van der Waals surface area contributed by atoms with Crippen molar-refractivity contribution in [1.82, 2.24) is 16.0 Å². The number of primary amides is 2. The quantitative estimate of drug-likeness (QED) is 0.107. The van der Waals surface area contributed by atoms with Crippen LogP contribution in [-0.4, -0.2) is 75.9 Å². The Bertz CT molecular complexity index is 1020. The van der Waals surface area contributed by atoms with E-state index in [-0.39, 0.29) is 19.3 Å². The van der Waals surface area contributed by atoms with Crippen molar-refractivity contribution in [3.8, 4) is 0 Å². The molecule has 0 saturated heterocycles. The van der Waals surface area contributed by atoms with Crippen LogP contribution in [0.5, 0.6) is 0 Å². The molecule has 0 aliphatic rings. The van der Waals surface area contributed by atoms with E-state index in [4.69, 9.17) is 22.3 Å². The van der Waals surface area contributed by atoms with Gasteiger partial charge in [0, 0.05) is 12.8 Å². The molecule has 15 heteroatoms. The maximum Gasteiger partial charge on any atom is 0.326 e. The number of carbonyl (C=O) groups is 7. The van der Waals surface area contributed by atoms with Gasteiger partial charge in [-0.25, -0.2) is 4.79 Å². The van der Waals surface area contributed by atoms with Crippen LogP contribution >= 0.6 is 0 Å². The highest BCUT2D eigenvalue weighted by Crippen LogP contribution is 2.06. The number of aliphatic carboxylic acids is 2. The molecule has 4 unspecified atom stereocenters. The summed E-state index contributed by atoms with van der Waals surface area (Å²) in [5, 5.41) is 24.8. The number of carbonyl (C=O) groups excluding carboxylic acids is 5. The molecule has 0 aromatic heterocycles. The lowest BCUT2D eigenvalue weighted by atomic mass is 10.0. The fraction of sp³-hybridized carbons (Fsp3) is 0.409. The van der Waals surface area contributed by atoms with Crippen LogP contribution in [0, 0.1) is 0 Å². The van der Waals surface area contributed by atoms with Crippen molar-refractivity contribution in [2.45, 2.75) is 56.3 Å². The number of benzene rings is 1. The van der Waals surface area contributed by atoms with Gasteiger partial charge in [-0.2, -0.15) is 0 Å². The Morgan fingerprint density at radius 2 is 1.27 bits per heavy atom. The number of amides is 5. The monoisotopic (exact) mass is 522 g/mol. The van der Waals surface area contributed by atoms with Gasteiger partial charge in [-0.15, -0.1) is 0 Å². The van der Waals surface area contributed by atoms with Crippen LogP contribution in [0.15, 0.2) is 30.3 Å². The van der Waals surface area contributed by atoms with Gasteiger partial charge in [0.15, 0.2) is 0 Å². The Morgan fingerprint density at radius 3 is 1.78 bits per heavy atom. The predicted molar refractivity (Wildman–Crippen MR) is 126 cm³/mol. The predicted octanol–water partition coefficient (Wildman–Crippen LogP) is -3.29. The fourth-order valence-corrected chi connectivity index (χ4v) is 3.10. The second-order valence-electron chi connectivity index (χ2n) is 8.09. The van der Waals surface area contributed by atoms with E-state index in [1.54, 1.807) is 30.3 Å². The zero-order chi connectivity index (χ0) is 28.1. The molecule has 0 radical (unpaired) electrons. The third kappa shape index (κ3) is 11.6. The topological polar surface area (TPSA) is 274 Å². The van der Waals surface area contributed by atoms with Crippen LogP contribution in [0.25, 0.3) is 0 Å². The molecule has 11 N–H and O–H groups in total. The van der Waals surface area contributed by atoms with E-state index in [0.29, 0.717) is 5.56 Å². The van der Waals surface area contributed by atoms with Gasteiger partial charge in [-0.3, -0.25) is 28.8 Å². The van der Waals surface area contributed by atoms with Gasteiger partial charge in [0.05, 0.1) is 18.9 Å². The second kappa shape index (κ2) is 14.8. The maximum atomic E-state index is 13.0. The largest absolute Gasteiger partial charge is 0.481 e. The average molecular weight is 523 g/mol. The van der Waals surface area contributed by atoms with E-state index in [2.05, 4.69) is 16.0 Å². The molecular weight excluding hydrogens is 492 g/mol. The van der Waals surface area contributed by atoms with Gasteiger partial charge in [-0.05, 0) is 12.0 Å². The molecule has 1 aromatic carbocycles. The minimum atomic E-state index is -1.79. The molecule has 0 aliphatic heterocycles. The van der Waals surface area contributed by atoms with Crippen LogP contribution < -0.4 is 33.2 Å². The summed E-state index contributed by atoms with van der Waals surface area (Å²) >= 11 is 0. The first kappa shape index (κ1) is 30.5.